The summed E-state index contributed by atoms with van der Waals surface area (Å²) >= 11 is 5.92. The first kappa shape index (κ1) is 17.1. The maximum atomic E-state index is 12.1. The fourth-order valence-corrected chi connectivity index (χ4v) is 2.61. The molecule has 130 valence electrons. The average molecular weight is 361 g/mol. The fraction of sp³-hybridized carbons (Fsp3) is 0.222. The molecule has 1 unspecified atom stereocenters. The summed E-state index contributed by atoms with van der Waals surface area (Å²) in [6, 6.07) is 10.1. The van der Waals surface area contributed by atoms with Crippen molar-refractivity contribution < 1.29 is 19.1 Å². The van der Waals surface area contributed by atoms with Crippen LogP contribution in [0.1, 0.15) is 24.1 Å². The lowest BCUT2D eigenvalue weighted by molar-refractivity contribution is -0.136. The van der Waals surface area contributed by atoms with Crippen molar-refractivity contribution >= 4 is 29.1 Å². The van der Waals surface area contributed by atoms with Gasteiger partial charge in [-0.3, -0.25) is 9.59 Å². The molecule has 6 nitrogen and oxygen atoms in total. The molecular weight excluding hydrogens is 344 g/mol. The van der Waals surface area contributed by atoms with Crippen LogP contribution in [0.4, 0.5) is 5.69 Å². The fourth-order valence-electron chi connectivity index (χ4n) is 2.44. The summed E-state index contributed by atoms with van der Waals surface area (Å²) in [5.41, 5.74) is 2.13. The number of benzene rings is 2. The van der Waals surface area contributed by atoms with Gasteiger partial charge in [-0.15, -0.1) is 0 Å². The highest BCUT2D eigenvalue weighted by molar-refractivity contribution is 6.40. The molecule has 1 aliphatic rings. The van der Waals surface area contributed by atoms with Crippen molar-refractivity contribution in [2.24, 2.45) is 0 Å². The Morgan fingerprint density at radius 2 is 1.84 bits per heavy atom. The lowest BCUT2D eigenvalue weighted by Crippen LogP contribution is -2.37. The van der Waals surface area contributed by atoms with Crippen LogP contribution in [0, 0.1) is 6.92 Å². The first-order chi connectivity index (χ1) is 11.9. The van der Waals surface area contributed by atoms with Gasteiger partial charge in [0.2, 0.25) is 6.79 Å². The van der Waals surface area contributed by atoms with Gasteiger partial charge in [-0.2, -0.15) is 0 Å². The van der Waals surface area contributed by atoms with Crippen LogP contribution >= 0.6 is 11.6 Å². The molecule has 0 aliphatic carbocycles. The van der Waals surface area contributed by atoms with Gasteiger partial charge in [-0.1, -0.05) is 23.7 Å². The summed E-state index contributed by atoms with van der Waals surface area (Å²) in [5, 5.41) is 5.71. The van der Waals surface area contributed by atoms with Gasteiger partial charge in [0.15, 0.2) is 11.5 Å². The predicted octanol–water partition coefficient (Wildman–Crippen LogP) is 3.19. The second kappa shape index (κ2) is 7.03. The number of nitrogens with one attached hydrogen (secondary N) is 2. The van der Waals surface area contributed by atoms with Crippen LogP contribution < -0.4 is 20.1 Å². The first-order valence-corrected chi connectivity index (χ1v) is 8.09. The largest absolute Gasteiger partial charge is 0.454 e. The molecule has 1 heterocycles. The number of fused-ring (bicyclic) bond motifs is 1. The van der Waals surface area contributed by atoms with Crippen LogP contribution in [0.5, 0.6) is 11.5 Å². The molecule has 0 spiro atoms. The van der Waals surface area contributed by atoms with Gasteiger partial charge in [0.05, 0.1) is 6.04 Å². The van der Waals surface area contributed by atoms with Crippen LogP contribution in [0.3, 0.4) is 0 Å². The Labute approximate surface area is 150 Å². The maximum Gasteiger partial charge on any atom is 0.313 e. The van der Waals surface area contributed by atoms with E-state index in [4.69, 9.17) is 21.1 Å². The third-order valence-corrected chi connectivity index (χ3v) is 4.13. The van der Waals surface area contributed by atoms with Crippen molar-refractivity contribution in [3.05, 3.63) is 52.5 Å². The minimum Gasteiger partial charge on any atom is -0.454 e. The normalized spacial score (nSPS) is 13.2. The molecule has 0 radical (unpaired) electrons. The van der Waals surface area contributed by atoms with Crippen LogP contribution in [0.2, 0.25) is 5.02 Å². The van der Waals surface area contributed by atoms with Crippen molar-refractivity contribution in [1.82, 2.24) is 5.32 Å². The van der Waals surface area contributed by atoms with Gasteiger partial charge in [-0.05, 0) is 49.2 Å². The minimum absolute atomic E-state index is 0.181. The summed E-state index contributed by atoms with van der Waals surface area (Å²) < 4.78 is 10.6. The molecule has 2 N–H and O–H groups in total. The van der Waals surface area contributed by atoms with E-state index in [1.54, 1.807) is 37.3 Å². The number of hydrogen-bond donors (Lipinski definition) is 2. The first-order valence-electron chi connectivity index (χ1n) is 7.71. The second-order valence-electron chi connectivity index (χ2n) is 5.72. The van der Waals surface area contributed by atoms with Gasteiger partial charge in [0.1, 0.15) is 0 Å². The molecule has 2 aromatic rings. The number of ether oxygens (including phenoxy) is 2. The highest BCUT2D eigenvalue weighted by atomic mass is 35.5. The summed E-state index contributed by atoms with van der Waals surface area (Å²) in [6.45, 7) is 3.79. The third kappa shape index (κ3) is 3.85. The standard InChI is InChI=1S/C18H17ClN2O4/c1-10-3-5-13(19)8-14(10)21-18(23)17(22)20-11(2)12-4-6-15-16(7-12)25-9-24-15/h3-8,11H,9H2,1-2H3,(H,20,22)(H,21,23). The van der Waals surface area contributed by atoms with Gasteiger partial charge in [0.25, 0.3) is 0 Å². The second-order valence-corrected chi connectivity index (χ2v) is 6.16. The third-order valence-electron chi connectivity index (χ3n) is 3.90. The van der Waals surface area contributed by atoms with E-state index in [9.17, 15) is 9.59 Å². The van der Waals surface area contributed by atoms with Crippen molar-refractivity contribution in [3.63, 3.8) is 0 Å². The molecular formula is C18H17ClN2O4. The summed E-state index contributed by atoms with van der Waals surface area (Å²) in [5.74, 6) is -0.198. The quantitative estimate of drug-likeness (QED) is 0.824. The van der Waals surface area contributed by atoms with Crippen LogP contribution in [-0.2, 0) is 9.59 Å². The molecule has 3 rings (SSSR count). The maximum absolute atomic E-state index is 12.1. The smallest absolute Gasteiger partial charge is 0.313 e. The molecule has 0 bridgehead atoms. The van der Waals surface area contributed by atoms with Crippen molar-refractivity contribution in [1.29, 1.82) is 0 Å². The van der Waals surface area contributed by atoms with E-state index in [-0.39, 0.29) is 12.8 Å². The zero-order valence-electron chi connectivity index (χ0n) is 13.8. The Balaban J connectivity index is 1.65. The molecule has 1 atom stereocenters. The molecule has 7 heteroatoms. The highest BCUT2D eigenvalue weighted by Gasteiger charge is 2.20. The van der Waals surface area contributed by atoms with Crippen molar-refractivity contribution in [2.75, 3.05) is 12.1 Å². The molecule has 1 aliphatic heterocycles. The van der Waals surface area contributed by atoms with Gasteiger partial charge >= 0.3 is 11.8 Å². The summed E-state index contributed by atoms with van der Waals surface area (Å²) in [6.07, 6.45) is 0. The molecule has 0 saturated carbocycles. The number of carbonyl (C=O) groups is 2. The summed E-state index contributed by atoms with van der Waals surface area (Å²) in [7, 11) is 0. The number of halogens is 1. The van der Waals surface area contributed by atoms with Crippen LogP contribution in [0.15, 0.2) is 36.4 Å². The van der Waals surface area contributed by atoms with Crippen LogP contribution in [0.25, 0.3) is 0 Å². The zero-order chi connectivity index (χ0) is 18.0. The van der Waals surface area contributed by atoms with E-state index in [1.807, 2.05) is 13.0 Å². The molecule has 0 fully saturated rings. The number of carbonyl (C=O) groups excluding carboxylic acids is 2. The Morgan fingerprint density at radius 1 is 1.08 bits per heavy atom. The zero-order valence-corrected chi connectivity index (χ0v) is 14.5. The molecule has 0 saturated heterocycles. The molecule has 25 heavy (non-hydrogen) atoms. The number of amides is 2. The Bertz CT molecular complexity index is 838. The SMILES string of the molecule is Cc1ccc(Cl)cc1NC(=O)C(=O)NC(C)c1ccc2c(c1)OCO2. The Hall–Kier alpha value is -2.73. The van der Waals surface area contributed by atoms with E-state index < -0.39 is 11.8 Å². The van der Waals surface area contributed by atoms with E-state index >= 15 is 0 Å². The lowest BCUT2D eigenvalue weighted by Gasteiger charge is -2.15. The van der Waals surface area contributed by atoms with Gasteiger partial charge in [0, 0.05) is 10.7 Å². The lowest BCUT2D eigenvalue weighted by atomic mass is 10.1. The number of rotatable bonds is 3. The Morgan fingerprint density at radius 3 is 2.64 bits per heavy atom. The topological polar surface area (TPSA) is 76.7 Å². The minimum atomic E-state index is -0.752. The van der Waals surface area contributed by atoms with Crippen molar-refractivity contribution in [2.45, 2.75) is 19.9 Å². The average Bonchev–Trinajstić information content (AvgIpc) is 3.05. The summed E-state index contributed by atoms with van der Waals surface area (Å²) in [4.78, 5) is 24.3. The molecule has 2 amide bonds. The number of aryl methyl sites for hydroxylation is 1. The number of anilines is 1. The molecule has 0 aromatic heterocycles. The van der Waals surface area contributed by atoms with Gasteiger partial charge in [-0.25, -0.2) is 0 Å². The molecule has 2 aromatic carbocycles. The van der Waals surface area contributed by atoms with Gasteiger partial charge < -0.3 is 20.1 Å². The predicted molar refractivity (Wildman–Crippen MR) is 93.9 cm³/mol. The van der Waals surface area contributed by atoms with E-state index in [1.165, 1.54) is 0 Å². The van der Waals surface area contributed by atoms with E-state index in [0.29, 0.717) is 22.2 Å². The monoisotopic (exact) mass is 360 g/mol. The highest BCUT2D eigenvalue weighted by Crippen LogP contribution is 2.34. The van der Waals surface area contributed by atoms with E-state index in [2.05, 4.69) is 10.6 Å². The Kier molecular flexibility index (Phi) is 4.81. The van der Waals surface area contributed by atoms with Crippen molar-refractivity contribution in [3.8, 4) is 11.5 Å². The number of hydrogen-bond acceptors (Lipinski definition) is 4. The van der Waals surface area contributed by atoms with E-state index in [0.717, 1.165) is 11.1 Å². The van der Waals surface area contributed by atoms with Crippen LogP contribution in [-0.4, -0.2) is 18.6 Å².